The number of aliphatic hydroxyl groups is 1. The third-order valence-electron chi connectivity index (χ3n) is 2.86. The maximum Gasteiger partial charge on any atom is 0.287 e. The van der Waals surface area contributed by atoms with Crippen molar-refractivity contribution in [3.8, 4) is 0 Å². The number of aromatic nitrogens is 1. The number of rotatable bonds is 4. The van der Waals surface area contributed by atoms with Crippen molar-refractivity contribution in [1.29, 1.82) is 0 Å². The van der Waals surface area contributed by atoms with Gasteiger partial charge in [0.25, 0.3) is 5.91 Å². The maximum absolute atomic E-state index is 11.8. The molecule has 0 saturated heterocycles. The van der Waals surface area contributed by atoms with E-state index in [9.17, 15) is 9.90 Å². The monoisotopic (exact) mass is 338 g/mol. The van der Waals surface area contributed by atoms with Crippen molar-refractivity contribution >= 4 is 21.8 Å². The lowest BCUT2D eigenvalue weighted by Gasteiger charge is -2.10. The first kappa shape index (κ1) is 14.7. The van der Waals surface area contributed by atoms with E-state index in [1.807, 2.05) is 13.0 Å². The first-order valence-electron chi connectivity index (χ1n) is 6.14. The smallest absolute Gasteiger partial charge is 0.287 e. The van der Waals surface area contributed by atoms with E-state index in [0.29, 0.717) is 6.54 Å². The molecule has 2 aromatic rings. The van der Waals surface area contributed by atoms with Crippen molar-refractivity contribution < 1.29 is 14.3 Å². The summed E-state index contributed by atoms with van der Waals surface area (Å²) >= 11 is 3.22. The van der Waals surface area contributed by atoms with E-state index in [0.717, 1.165) is 21.4 Å². The predicted octanol–water partition coefficient (Wildman–Crippen LogP) is 2.73. The molecule has 0 aliphatic carbocycles. The Balaban J connectivity index is 2.01. The van der Waals surface area contributed by atoms with Crippen LogP contribution in [0.3, 0.4) is 0 Å². The molecular weight excluding hydrogens is 324 g/mol. The SMILES string of the molecule is Cc1nc(CNC(=O)c2cc(Br)co2)ccc1C(C)O. The van der Waals surface area contributed by atoms with E-state index in [-0.39, 0.29) is 11.7 Å². The molecule has 0 fully saturated rings. The topological polar surface area (TPSA) is 75.4 Å². The van der Waals surface area contributed by atoms with Gasteiger partial charge in [-0.15, -0.1) is 0 Å². The Bertz CT molecular complexity index is 623. The third kappa shape index (κ3) is 3.46. The summed E-state index contributed by atoms with van der Waals surface area (Å²) in [5.41, 5.74) is 2.27. The van der Waals surface area contributed by atoms with Crippen molar-refractivity contribution in [2.75, 3.05) is 0 Å². The van der Waals surface area contributed by atoms with E-state index in [2.05, 4.69) is 26.2 Å². The molecule has 5 nitrogen and oxygen atoms in total. The van der Waals surface area contributed by atoms with Crippen LogP contribution in [0.2, 0.25) is 0 Å². The summed E-state index contributed by atoms with van der Waals surface area (Å²) < 4.78 is 5.80. The van der Waals surface area contributed by atoms with Gasteiger partial charge in [0, 0.05) is 17.3 Å². The molecule has 20 heavy (non-hydrogen) atoms. The van der Waals surface area contributed by atoms with Crippen molar-refractivity contribution in [3.63, 3.8) is 0 Å². The Labute approximate surface area is 125 Å². The van der Waals surface area contributed by atoms with Gasteiger partial charge in [-0.3, -0.25) is 9.78 Å². The number of hydrogen-bond acceptors (Lipinski definition) is 4. The lowest BCUT2D eigenvalue weighted by atomic mass is 10.1. The molecular formula is C14H15BrN2O3. The highest BCUT2D eigenvalue weighted by molar-refractivity contribution is 9.10. The minimum atomic E-state index is -0.549. The summed E-state index contributed by atoms with van der Waals surface area (Å²) in [4.78, 5) is 16.1. The molecule has 2 heterocycles. The standard InChI is InChI=1S/C14H15BrN2O3/c1-8-12(9(2)18)4-3-11(17-8)6-16-14(19)13-5-10(15)7-20-13/h3-5,7,9,18H,6H2,1-2H3,(H,16,19). The second-order valence-electron chi connectivity index (χ2n) is 4.47. The van der Waals surface area contributed by atoms with Crippen LogP contribution in [-0.2, 0) is 6.54 Å². The van der Waals surface area contributed by atoms with Gasteiger partial charge in [-0.2, -0.15) is 0 Å². The quantitative estimate of drug-likeness (QED) is 0.898. The fourth-order valence-corrected chi connectivity index (χ4v) is 2.16. The first-order chi connectivity index (χ1) is 9.47. The number of halogens is 1. The van der Waals surface area contributed by atoms with Gasteiger partial charge in [-0.05, 0) is 35.8 Å². The van der Waals surface area contributed by atoms with Crippen LogP contribution in [0.4, 0.5) is 0 Å². The number of aryl methyl sites for hydroxylation is 1. The van der Waals surface area contributed by atoms with Gasteiger partial charge >= 0.3 is 0 Å². The van der Waals surface area contributed by atoms with Gasteiger partial charge < -0.3 is 14.8 Å². The Kier molecular flexibility index (Phi) is 4.57. The van der Waals surface area contributed by atoms with Crippen LogP contribution in [0.25, 0.3) is 0 Å². The lowest BCUT2D eigenvalue weighted by molar-refractivity contribution is 0.0922. The largest absolute Gasteiger partial charge is 0.458 e. The molecule has 0 aliphatic rings. The number of carbonyl (C=O) groups excluding carboxylic acids is 1. The zero-order chi connectivity index (χ0) is 14.7. The van der Waals surface area contributed by atoms with Crippen LogP contribution < -0.4 is 5.32 Å². The van der Waals surface area contributed by atoms with Gasteiger partial charge in [0.2, 0.25) is 0 Å². The maximum atomic E-state index is 11.8. The van der Waals surface area contributed by atoms with E-state index in [1.165, 1.54) is 6.26 Å². The number of furan rings is 1. The predicted molar refractivity (Wildman–Crippen MR) is 77.2 cm³/mol. The minimum Gasteiger partial charge on any atom is -0.458 e. The average Bonchev–Trinajstić information content (AvgIpc) is 2.82. The van der Waals surface area contributed by atoms with Gasteiger partial charge in [0.05, 0.1) is 22.8 Å². The minimum absolute atomic E-state index is 0.245. The highest BCUT2D eigenvalue weighted by atomic mass is 79.9. The molecule has 0 bridgehead atoms. The average molecular weight is 339 g/mol. The van der Waals surface area contributed by atoms with Crippen molar-refractivity contribution in [2.45, 2.75) is 26.5 Å². The fourth-order valence-electron chi connectivity index (χ4n) is 1.85. The molecule has 106 valence electrons. The van der Waals surface area contributed by atoms with Crippen LogP contribution in [0.5, 0.6) is 0 Å². The van der Waals surface area contributed by atoms with Crippen LogP contribution in [-0.4, -0.2) is 16.0 Å². The Morgan fingerprint density at radius 2 is 2.30 bits per heavy atom. The highest BCUT2D eigenvalue weighted by Gasteiger charge is 2.11. The zero-order valence-corrected chi connectivity index (χ0v) is 12.8. The summed E-state index contributed by atoms with van der Waals surface area (Å²) in [6, 6.07) is 5.20. The highest BCUT2D eigenvalue weighted by Crippen LogP contribution is 2.16. The Hall–Kier alpha value is -1.66. The molecule has 2 aromatic heterocycles. The summed E-state index contributed by atoms with van der Waals surface area (Å²) in [7, 11) is 0. The van der Waals surface area contributed by atoms with Crippen molar-refractivity contribution in [3.05, 3.63) is 51.6 Å². The van der Waals surface area contributed by atoms with E-state index >= 15 is 0 Å². The molecule has 1 atom stereocenters. The van der Waals surface area contributed by atoms with Crippen LogP contribution in [0.15, 0.2) is 33.4 Å². The molecule has 0 aliphatic heterocycles. The second-order valence-corrected chi connectivity index (χ2v) is 5.38. The molecule has 0 aromatic carbocycles. The number of nitrogens with zero attached hydrogens (tertiary/aromatic N) is 1. The second kappa shape index (κ2) is 6.19. The number of nitrogens with one attached hydrogen (secondary N) is 1. The van der Waals surface area contributed by atoms with Crippen LogP contribution >= 0.6 is 15.9 Å². The molecule has 0 saturated carbocycles. The summed E-state index contributed by atoms with van der Waals surface area (Å²) in [5.74, 6) is -0.0519. The van der Waals surface area contributed by atoms with Gasteiger partial charge in [0.1, 0.15) is 6.26 Å². The third-order valence-corrected chi connectivity index (χ3v) is 3.27. The lowest BCUT2D eigenvalue weighted by Crippen LogP contribution is -2.23. The fraction of sp³-hybridized carbons (Fsp3) is 0.286. The molecule has 1 amide bonds. The molecule has 2 rings (SSSR count). The number of carbonyl (C=O) groups is 1. The summed E-state index contributed by atoms with van der Waals surface area (Å²) in [5, 5.41) is 12.3. The summed E-state index contributed by atoms with van der Waals surface area (Å²) in [6.07, 6.45) is 0.904. The zero-order valence-electron chi connectivity index (χ0n) is 11.2. The number of hydrogen-bond donors (Lipinski definition) is 2. The van der Waals surface area contributed by atoms with Crippen molar-refractivity contribution in [2.24, 2.45) is 0 Å². The van der Waals surface area contributed by atoms with Crippen LogP contribution in [0.1, 0.15) is 40.5 Å². The summed E-state index contributed by atoms with van der Waals surface area (Å²) in [6.45, 7) is 3.83. The number of amides is 1. The Morgan fingerprint density at radius 1 is 1.55 bits per heavy atom. The molecule has 0 spiro atoms. The van der Waals surface area contributed by atoms with Gasteiger partial charge in [0.15, 0.2) is 5.76 Å². The van der Waals surface area contributed by atoms with E-state index in [1.54, 1.807) is 19.1 Å². The van der Waals surface area contributed by atoms with E-state index < -0.39 is 6.10 Å². The molecule has 6 heteroatoms. The van der Waals surface area contributed by atoms with Crippen molar-refractivity contribution in [1.82, 2.24) is 10.3 Å². The van der Waals surface area contributed by atoms with Crippen LogP contribution in [0, 0.1) is 6.92 Å². The molecule has 2 N–H and O–H groups in total. The number of aliphatic hydroxyl groups excluding tert-OH is 1. The van der Waals surface area contributed by atoms with Gasteiger partial charge in [-0.1, -0.05) is 6.07 Å². The van der Waals surface area contributed by atoms with Gasteiger partial charge in [-0.25, -0.2) is 0 Å². The molecule has 0 radical (unpaired) electrons. The molecule has 1 unspecified atom stereocenters. The number of pyridine rings is 1. The normalized spacial score (nSPS) is 12.2. The van der Waals surface area contributed by atoms with E-state index in [4.69, 9.17) is 4.42 Å². The first-order valence-corrected chi connectivity index (χ1v) is 6.93. The Morgan fingerprint density at radius 3 is 2.85 bits per heavy atom.